The Morgan fingerprint density at radius 1 is 1.00 bits per heavy atom. The molecular formula is C18H34OS2. The Kier molecular flexibility index (Phi) is 10.8. The molecule has 0 aliphatic rings. The van der Waals surface area contributed by atoms with Gasteiger partial charge in [-0.1, -0.05) is 59.6 Å². The summed E-state index contributed by atoms with van der Waals surface area (Å²) in [6.45, 7) is 11.5. The molecule has 0 amide bonds. The third kappa shape index (κ3) is 8.97. The number of hydrogen-bond acceptors (Lipinski definition) is 3. The van der Waals surface area contributed by atoms with Crippen molar-refractivity contribution in [1.29, 1.82) is 0 Å². The first-order valence-electron chi connectivity index (χ1n) is 8.39. The molecule has 0 saturated carbocycles. The lowest BCUT2D eigenvalue weighted by atomic mass is 9.76. The highest BCUT2D eigenvalue weighted by Crippen LogP contribution is 2.35. The minimum absolute atomic E-state index is 0.183. The molecule has 0 N–H and O–H groups in total. The summed E-state index contributed by atoms with van der Waals surface area (Å²) in [6.07, 6.45) is 13.7. The van der Waals surface area contributed by atoms with Gasteiger partial charge in [0.2, 0.25) is 0 Å². The molecule has 0 aromatic heterocycles. The summed E-state index contributed by atoms with van der Waals surface area (Å²) >= 11 is 3.96. The molecule has 0 aromatic rings. The second kappa shape index (κ2) is 10.8. The number of unbranched alkanes of at least 4 members (excludes halogenated alkanes) is 1. The van der Waals surface area contributed by atoms with Crippen molar-refractivity contribution in [2.75, 3.05) is 0 Å². The topological polar surface area (TPSA) is 17.1 Å². The summed E-state index contributed by atoms with van der Waals surface area (Å²) in [6, 6.07) is 0. The molecule has 0 aliphatic heterocycles. The second-order valence-corrected chi connectivity index (χ2v) is 7.95. The van der Waals surface area contributed by atoms with E-state index >= 15 is 0 Å². The Morgan fingerprint density at radius 2 is 1.48 bits per heavy atom. The minimum Gasteiger partial charge on any atom is -0.286 e. The number of thiol groups is 1. The molecule has 21 heavy (non-hydrogen) atoms. The predicted molar refractivity (Wildman–Crippen MR) is 101 cm³/mol. The van der Waals surface area contributed by atoms with E-state index in [1.807, 2.05) is 0 Å². The Labute approximate surface area is 141 Å². The van der Waals surface area contributed by atoms with Crippen LogP contribution < -0.4 is 0 Å². The fourth-order valence-electron chi connectivity index (χ4n) is 2.42. The van der Waals surface area contributed by atoms with Crippen LogP contribution >= 0.6 is 22.5 Å². The van der Waals surface area contributed by atoms with Crippen LogP contribution in [0.15, 0.2) is 12.2 Å². The predicted octanol–water partition coefficient (Wildman–Crippen LogP) is 6.84. The van der Waals surface area contributed by atoms with Crippen LogP contribution in [0, 0.1) is 10.8 Å². The van der Waals surface area contributed by atoms with Gasteiger partial charge in [-0.05, 0) is 53.7 Å². The summed E-state index contributed by atoms with van der Waals surface area (Å²) in [7, 11) is 1.05. The van der Waals surface area contributed by atoms with Gasteiger partial charge in [0.05, 0.1) is 0 Å². The molecule has 0 aliphatic carbocycles. The molecular weight excluding hydrogens is 296 g/mol. The Balaban J connectivity index is 4.61. The van der Waals surface area contributed by atoms with Crippen LogP contribution in [-0.2, 0) is 4.79 Å². The van der Waals surface area contributed by atoms with Crippen LogP contribution in [-0.4, -0.2) is 5.12 Å². The zero-order chi connectivity index (χ0) is 16.4. The van der Waals surface area contributed by atoms with E-state index in [4.69, 9.17) is 0 Å². The number of carbonyl (C=O) groups excluding carboxylic acids is 1. The van der Waals surface area contributed by atoms with Gasteiger partial charge in [-0.2, -0.15) is 0 Å². The average Bonchev–Trinajstić information content (AvgIpc) is 2.50. The first kappa shape index (κ1) is 21.1. The van der Waals surface area contributed by atoms with Gasteiger partial charge in [-0.3, -0.25) is 4.79 Å². The molecule has 0 saturated heterocycles. The Morgan fingerprint density at radius 3 is 1.86 bits per heavy atom. The van der Waals surface area contributed by atoms with Crippen LogP contribution in [0.3, 0.4) is 0 Å². The van der Waals surface area contributed by atoms with Crippen LogP contribution in [0.5, 0.6) is 0 Å². The first-order chi connectivity index (χ1) is 9.84. The van der Waals surface area contributed by atoms with E-state index in [-0.39, 0.29) is 10.5 Å². The zero-order valence-corrected chi connectivity index (χ0v) is 16.3. The standard InChI is InChI=1S/C18H34OS2/c1-6-9-12-17(4,7-2)14-15-18(5,8-3)13-10-11-16(19)21-20/h14-15,20H,6-13H2,1-5H3. The van der Waals surface area contributed by atoms with Crippen molar-refractivity contribution in [3.63, 3.8) is 0 Å². The smallest absolute Gasteiger partial charge is 0.199 e. The van der Waals surface area contributed by atoms with Crippen molar-refractivity contribution in [3.8, 4) is 0 Å². The molecule has 0 bridgehead atoms. The highest BCUT2D eigenvalue weighted by Gasteiger charge is 2.23. The average molecular weight is 331 g/mol. The highest BCUT2D eigenvalue weighted by molar-refractivity contribution is 8.74. The van der Waals surface area contributed by atoms with Gasteiger partial charge in [-0.15, -0.1) is 11.7 Å². The van der Waals surface area contributed by atoms with Crippen LogP contribution in [0.4, 0.5) is 0 Å². The number of allylic oxidation sites excluding steroid dienone is 2. The van der Waals surface area contributed by atoms with Crippen molar-refractivity contribution in [1.82, 2.24) is 0 Å². The fraction of sp³-hybridized carbons (Fsp3) is 0.833. The number of carbonyl (C=O) groups is 1. The maximum absolute atomic E-state index is 11.3. The lowest BCUT2D eigenvalue weighted by molar-refractivity contribution is -0.111. The molecule has 1 nitrogen and oxygen atoms in total. The van der Waals surface area contributed by atoms with Gasteiger partial charge in [0, 0.05) is 6.42 Å². The lowest BCUT2D eigenvalue weighted by Crippen LogP contribution is -2.16. The van der Waals surface area contributed by atoms with Gasteiger partial charge in [0.15, 0.2) is 5.12 Å². The summed E-state index contributed by atoms with van der Waals surface area (Å²) in [5, 5.41) is 0.183. The maximum atomic E-state index is 11.3. The first-order valence-corrected chi connectivity index (χ1v) is 10.3. The van der Waals surface area contributed by atoms with Crippen LogP contribution in [0.25, 0.3) is 0 Å². The van der Waals surface area contributed by atoms with E-state index in [1.165, 1.54) is 25.7 Å². The molecule has 0 fully saturated rings. The molecule has 0 radical (unpaired) electrons. The Hall–Kier alpha value is 0.110. The molecule has 0 aromatic carbocycles. The van der Waals surface area contributed by atoms with Crippen LogP contribution in [0.1, 0.15) is 86.0 Å². The molecule has 0 rings (SSSR count). The largest absolute Gasteiger partial charge is 0.286 e. The molecule has 3 heteroatoms. The molecule has 2 unspecified atom stereocenters. The second-order valence-electron chi connectivity index (χ2n) is 6.77. The van der Waals surface area contributed by atoms with E-state index < -0.39 is 0 Å². The van der Waals surface area contributed by atoms with Gasteiger partial charge >= 0.3 is 0 Å². The van der Waals surface area contributed by atoms with E-state index in [0.717, 1.165) is 30.1 Å². The monoisotopic (exact) mass is 330 g/mol. The molecule has 0 spiro atoms. The summed E-state index contributed by atoms with van der Waals surface area (Å²) in [4.78, 5) is 11.3. The summed E-state index contributed by atoms with van der Waals surface area (Å²) in [5.74, 6) is 0. The van der Waals surface area contributed by atoms with Crippen molar-refractivity contribution in [2.24, 2.45) is 10.8 Å². The molecule has 124 valence electrons. The van der Waals surface area contributed by atoms with Crippen LogP contribution in [0.2, 0.25) is 0 Å². The quantitative estimate of drug-likeness (QED) is 0.254. The van der Waals surface area contributed by atoms with Gasteiger partial charge in [0.1, 0.15) is 0 Å². The number of hydrogen-bond donors (Lipinski definition) is 1. The third-order valence-corrected chi connectivity index (χ3v) is 5.85. The van der Waals surface area contributed by atoms with Gasteiger partial charge in [0.25, 0.3) is 0 Å². The maximum Gasteiger partial charge on any atom is 0.199 e. The lowest BCUT2D eigenvalue weighted by Gasteiger charge is -2.29. The number of rotatable bonds is 11. The molecule has 2 atom stereocenters. The van der Waals surface area contributed by atoms with E-state index in [0.29, 0.717) is 11.8 Å². The van der Waals surface area contributed by atoms with E-state index in [2.05, 4.69) is 58.4 Å². The summed E-state index contributed by atoms with van der Waals surface area (Å²) < 4.78 is 0. The zero-order valence-electron chi connectivity index (χ0n) is 14.6. The minimum atomic E-state index is 0.183. The van der Waals surface area contributed by atoms with Crippen molar-refractivity contribution >= 4 is 27.6 Å². The third-order valence-electron chi connectivity index (χ3n) is 4.84. The van der Waals surface area contributed by atoms with Crippen molar-refractivity contribution < 1.29 is 4.79 Å². The fourth-order valence-corrected chi connectivity index (χ4v) is 2.93. The van der Waals surface area contributed by atoms with Gasteiger partial charge < -0.3 is 0 Å². The SMILES string of the molecule is CCCCC(C)(C=CC(C)(CC)CCCC(=O)SS)CC. The van der Waals surface area contributed by atoms with E-state index in [1.54, 1.807) is 0 Å². The highest BCUT2D eigenvalue weighted by atomic mass is 33.1. The van der Waals surface area contributed by atoms with Gasteiger partial charge in [-0.25, -0.2) is 0 Å². The van der Waals surface area contributed by atoms with Crippen molar-refractivity contribution in [3.05, 3.63) is 12.2 Å². The summed E-state index contributed by atoms with van der Waals surface area (Å²) in [5.41, 5.74) is 0.535. The van der Waals surface area contributed by atoms with E-state index in [9.17, 15) is 4.79 Å². The van der Waals surface area contributed by atoms with Crippen molar-refractivity contribution in [2.45, 2.75) is 86.0 Å². The molecule has 0 heterocycles. The normalized spacial score (nSPS) is 17.6. The Bertz CT molecular complexity index is 327.